The number of nitrogens with one attached hydrogen (secondary N) is 4. The Bertz CT molecular complexity index is 2540. The fourth-order valence-electron chi connectivity index (χ4n) is 7.66. The molecule has 19 nitrogen and oxygen atoms in total. The summed E-state index contributed by atoms with van der Waals surface area (Å²) in [6.07, 6.45) is 0.340. The Hall–Kier alpha value is -7.59. The van der Waals surface area contributed by atoms with E-state index in [9.17, 15) is 29.1 Å². The number of nitrogens with two attached hydrogens (primary N) is 3. The van der Waals surface area contributed by atoms with Crippen LogP contribution in [0.15, 0.2) is 65.7 Å². The van der Waals surface area contributed by atoms with E-state index < -0.39 is 53.7 Å². The number of carbonyl (C=O) groups is 5. The lowest BCUT2D eigenvalue weighted by Crippen LogP contribution is -2.56. The lowest BCUT2D eigenvalue weighted by Gasteiger charge is -2.32. The van der Waals surface area contributed by atoms with Crippen LogP contribution in [0.25, 0.3) is 22.5 Å². The highest BCUT2D eigenvalue weighted by Gasteiger charge is 2.36. The number of aromatic nitrogens is 2. The second-order valence-electron chi connectivity index (χ2n) is 17.4. The first-order chi connectivity index (χ1) is 31.7. The lowest BCUT2D eigenvalue weighted by molar-refractivity contribution is -0.141. The van der Waals surface area contributed by atoms with Gasteiger partial charge in [0, 0.05) is 43.1 Å². The van der Waals surface area contributed by atoms with Gasteiger partial charge in [-0.2, -0.15) is 5.26 Å². The molecule has 0 aliphatic carbocycles. The molecule has 4 atom stereocenters. The van der Waals surface area contributed by atoms with Crippen molar-refractivity contribution < 1.29 is 33.8 Å². The molecule has 1 aliphatic rings. The number of amides is 5. The molecule has 354 valence electrons. The van der Waals surface area contributed by atoms with Crippen LogP contribution in [-0.4, -0.2) is 107 Å². The molecule has 0 radical (unpaired) electrons. The van der Waals surface area contributed by atoms with E-state index in [-0.39, 0.29) is 72.9 Å². The van der Waals surface area contributed by atoms with Crippen molar-refractivity contribution >= 4 is 35.5 Å². The predicted molar refractivity (Wildman–Crippen MR) is 252 cm³/mol. The second-order valence-corrected chi connectivity index (χ2v) is 17.4. The minimum absolute atomic E-state index is 0.0192. The second kappa shape index (κ2) is 22.1. The molecular weight excluding hydrogens is 857 g/mol. The number of rotatable bonds is 14. The molecule has 1 aromatic heterocycles. The van der Waals surface area contributed by atoms with E-state index in [4.69, 9.17) is 27.2 Å². The Morgan fingerprint density at radius 1 is 1.00 bits per heavy atom. The van der Waals surface area contributed by atoms with Crippen molar-refractivity contribution in [3.05, 3.63) is 94.3 Å². The highest BCUT2D eigenvalue weighted by Crippen LogP contribution is 2.40. The quantitative estimate of drug-likeness (QED) is 0.0390. The Kier molecular flexibility index (Phi) is 16.6. The van der Waals surface area contributed by atoms with Crippen LogP contribution in [0, 0.1) is 25.2 Å². The van der Waals surface area contributed by atoms with Crippen molar-refractivity contribution in [2.24, 2.45) is 22.2 Å². The fourth-order valence-corrected chi connectivity index (χ4v) is 7.66. The SMILES string of the molecule is Cc1nc(-c2ccc(C(C)(C)C)cc2)nc(C)c1C(=O)NC(CCN)C(=O)N(C)C1C(=O)NC(C)C(=O)NC(C(=O)NCC#N)Cc2ccc(O)c(c2)-c2cc1ccc2OCCCN=C(N)N. The third-order valence-corrected chi connectivity index (χ3v) is 11.2. The molecule has 19 heteroatoms. The van der Waals surface area contributed by atoms with Crippen LogP contribution >= 0.6 is 0 Å². The number of ether oxygens (including phenoxy) is 1. The maximum Gasteiger partial charge on any atom is 0.255 e. The monoisotopic (exact) mass is 916 g/mol. The van der Waals surface area contributed by atoms with Gasteiger partial charge in [0.2, 0.25) is 23.6 Å². The molecular formula is C48H60N12O7. The van der Waals surface area contributed by atoms with Gasteiger partial charge in [0.1, 0.15) is 42.2 Å². The molecule has 4 unspecified atom stereocenters. The van der Waals surface area contributed by atoms with Crippen LogP contribution in [0.4, 0.5) is 0 Å². The number of aryl methyl sites for hydroxylation is 2. The zero-order chi connectivity index (χ0) is 49.2. The Balaban J connectivity index is 1.55. The van der Waals surface area contributed by atoms with Crippen LogP contribution in [-0.2, 0) is 31.0 Å². The number of nitrogens with zero attached hydrogens (tertiary/aromatic N) is 5. The van der Waals surface area contributed by atoms with Gasteiger partial charge in [-0.1, -0.05) is 57.2 Å². The number of likely N-dealkylation sites (N-methyl/N-ethyl adjacent to an activating group) is 1. The highest BCUT2D eigenvalue weighted by molar-refractivity contribution is 6.00. The highest BCUT2D eigenvalue weighted by atomic mass is 16.5. The van der Waals surface area contributed by atoms with Crippen LogP contribution in [0.5, 0.6) is 11.5 Å². The molecule has 11 N–H and O–H groups in total. The number of hydrogen-bond acceptors (Lipinski definition) is 12. The van der Waals surface area contributed by atoms with E-state index in [1.807, 2.05) is 30.3 Å². The number of phenols is 1. The zero-order valence-corrected chi connectivity index (χ0v) is 38.9. The number of fused-ring (bicyclic) bond motifs is 5. The molecule has 1 aliphatic heterocycles. The van der Waals surface area contributed by atoms with Crippen molar-refractivity contribution in [1.82, 2.24) is 36.1 Å². The van der Waals surface area contributed by atoms with Gasteiger partial charge in [-0.3, -0.25) is 29.0 Å². The number of hydrogen-bond donors (Lipinski definition) is 8. The smallest absolute Gasteiger partial charge is 0.255 e. The summed E-state index contributed by atoms with van der Waals surface area (Å²) in [4.78, 5) is 84.8. The maximum absolute atomic E-state index is 14.7. The van der Waals surface area contributed by atoms with E-state index in [0.717, 1.165) is 16.0 Å². The molecule has 0 spiro atoms. The maximum atomic E-state index is 14.7. The summed E-state index contributed by atoms with van der Waals surface area (Å²) in [5.74, 6) is -3.02. The Morgan fingerprint density at radius 3 is 2.31 bits per heavy atom. The predicted octanol–water partition coefficient (Wildman–Crippen LogP) is 2.31. The number of nitriles is 1. The molecule has 4 bridgehead atoms. The first-order valence-electron chi connectivity index (χ1n) is 21.9. The van der Waals surface area contributed by atoms with E-state index in [2.05, 4.69) is 57.0 Å². The van der Waals surface area contributed by atoms with Gasteiger partial charge in [0.25, 0.3) is 5.91 Å². The summed E-state index contributed by atoms with van der Waals surface area (Å²) in [5.41, 5.74) is 21.1. The topological polar surface area (TPSA) is 306 Å². The minimum atomic E-state index is -1.45. The number of aromatic hydroxyl groups is 1. The van der Waals surface area contributed by atoms with Gasteiger partial charge in [-0.15, -0.1) is 0 Å². The molecule has 3 aromatic carbocycles. The summed E-state index contributed by atoms with van der Waals surface area (Å²) in [7, 11) is 1.39. The van der Waals surface area contributed by atoms with Crippen LogP contribution in [0.3, 0.4) is 0 Å². The average molecular weight is 917 g/mol. The fraction of sp³-hybridized carbons (Fsp3) is 0.396. The average Bonchev–Trinajstić information content (AvgIpc) is 3.27. The zero-order valence-electron chi connectivity index (χ0n) is 38.9. The molecule has 2 heterocycles. The van der Waals surface area contributed by atoms with E-state index in [1.54, 1.807) is 44.2 Å². The van der Waals surface area contributed by atoms with Crippen LogP contribution in [0.1, 0.15) is 85.0 Å². The summed E-state index contributed by atoms with van der Waals surface area (Å²) in [6, 6.07) is 14.0. The van der Waals surface area contributed by atoms with E-state index >= 15 is 0 Å². The molecule has 0 saturated carbocycles. The van der Waals surface area contributed by atoms with Crippen LogP contribution in [0.2, 0.25) is 0 Å². The molecule has 67 heavy (non-hydrogen) atoms. The Labute approximate surface area is 390 Å². The van der Waals surface area contributed by atoms with Gasteiger partial charge in [0.15, 0.2) is 11.8 Å². The van der Waals surface area contributed by atoms with Crippen molar-refractivity contribution in [2.45, 2.75) is 90.4 Å². The van der Waals surface area contributed by atoms with E-state index in [0.29, 0.717) is 40.5 Å². The molecule has 0 fully saturated rings. The van der Waals surface area contributed by atoms with Gasteiger partial charge < -0.3 is 53.2 Å². The normalized spacial score (nSPS) is 16.5. The number of guanidine groups is 1. The van der Waals surface area contributed by atoms with Crippen LogP contribution < -0.4 is 43.2 Å². The molecule has 5 amide bonds. The number of aliphatic imine (C=N–C) groups is 1. The lowest BCUT2D eigenvalue weighted by atomic mass is 9.86. The first kappa shape index (κ1) is 50.4. The van der Waals surface area contributed by atoms with Gasteiger partial charge in [0.05, 0.1) is 29.6 Å². The largest absolute Gasteiger partial charge is 0.507 e. The number of benzene rings is 3. The third kappa shape index (κ3) is 12.6. The van der Waals surface area contributed by atoms with Crippen molar-refractivity contribution in [3.63, 3.8) is 0 Å². The summed E-state index contributed by atoms with van der Waals surface area (Å²) in [6.45, 7) is 11.2. The minimum Gasteiger partial charge on any atom is -0.507 e. The number of phenolic OH excluding ortho intramolecular Hbond substituents is 1. The Morgan fingerprint density at radius 2 is 1.69 bits per heavy atom. The van der Waals surface area contributed by atoms with Crippen molar-refractivity contribution in [2.75, 3.05) is 33.3 Å². The summed E-state index contributed by atoms with van der Waals surface area (Å²) in [5, 5.41) is 31.1. The standard InChI is InChI=1S/C48H60N12O7/c1-26-39(27(2)56-41(55-26)30-10-13-32(14-11-30)48(4,5)6)44(64)58-35(17-18-49)46(66)60(7)40-31-12-16-38(67-22-8-20-54-47(51)52)34(25-31)33-23-29(9-15-37(33)61)24-36(43(63)53-21-19-50)59-42(62)28(3)57-45(40)65/h9-16,23,25,28,35-36,40,61H,8,17-18,20-22,24,49H2,1-7H3,(H,53,63)(H,57,65)(H,58,64)(H,59,62)(H4,51,52,54). The van der Waals surface area contributed by atoms with Crippen molar-refractivity contribution in [1.29, 1.82) is 5.26 Å². The van der Waals surface area contributed by atoms with Gasteiger partial charge in [-0.05, 0) is 80.1 Å². The molecule has 4 aromatic rings. The number of carbonyl (C=O) groups excluding carboxylic acids is 5. The summed E-state index contributed by atoms with van der Waals surface area (Å²) < 4.78 is 6.18. The third-order valence-electron chi connectivity index (χ3n) is 11.2. The molecule has 0 saturated heterocycles. The van der Waals surface area contributed by atoms with E-state index in [1.165, 1.54) is 20.0 Å². The summed E-state index contributed by atoms with van der Waals surface area (Å²) >= 11 is 0. The van der Waals surface area contributed by atoms with Gasteiger partial charge >= 0.3 is 0 Å². The van der Waals surface area contributed by atoms with Crippen molar-refractivity contribution in [3.8, 4) is 40.1 Å². The molecule has 5 rings (SSSR count). The van der Waals surface area contributed by atoms with Gasteiger partial charge in [-0.25, -0.2) is 9.97 Å². The first-order valence-corrected chi connectivity index (χ1v) is 21.9.